The zero-order chi connectivity index (χ0) is 6.28. The second-order valence-corrected chi connectivity index (χ2v) is 0.747. The van der Waals surface area contributed by atoms with Gasteiger partial charge in [0.15, 0.2) is 0 Å². The first-order valence-electron chi connectivity index (χ1n) is 1.78. The Morgan fingerprint density at radius 2 is 1.86 bits per heavy atom. The van der Waals surface area contributed by atoms with E-state index in [2.05, 4.69) is 0 Å². The molecule has 0 aliphatic heterocycles. The van der Waals surface area contributed by atoms with Gasteiger partial charge in [-0.05, 0) is 0 Å². The molecule has 0 radical (unpaired) electrons. The molecular weight excluding hydrogens is 157 g/mol. The zero-order valence-corrected chi connectivity index (χ0v) is 7.15. The number of hydrogen-bond acceptors (Lipinski definition) is 2. The molecule has 0 rings (SSSR count). The van der Waals surface area contributed by atoms with Crippen molar-refractivity contribution in [1.82, 2.24) is 0 Å². The molecule has 0 bridgehead atoms. The minimum absolute atomic E-state index is 0.125. The Bertz CT molecular complexity index is 54.1. The van der Waals surface area contributed by atoms with E-state index in [1.807, 2.05) is 0 Å². The van der Waals surface area contributed by atoms with Crippen LogP contribution in [-0.2, 0) is 8.57 Å². The first-order valence-corrected chi connectivity index (χ1v) is 2.99. The van der Waals surface area contributed by atoms with Crippen LogP contribution in [0.2, 0.25) is 0 Å². The van der Waals surface area contributed by atoms with Crippen molar-refractivity contribution in [2.75, 3.05) is 0 Å². The van der Waals surface area contributed by atoms with E-state index in [-0.39, 0.29) is 22.9 Å². The van der Waals surface area contributed by atoms with Gasteiger partial charge in [-0.15, -0.1) is 0 Å². The van der Waals surface area contributed by atoms with Crippen LogP contribution in [0, 0.1) is 0 Å². The molecule has 0 saturated heterocycles. The fourth-order valence-electron chi connectivity index (χ4n) is 0. The summed E-state index contributed by atoms with van der Waals surface area (Å²) in [6, 6.07) is 0. The van der Waals surface area contributed by atoms with Crippen LogP contribution in [0.5, 0.6) is 0 Å². The number of carboxylic acids is 1. The minimum atomic E-state index is -0.745. The molecule has 3 nitrogen and oxygen atoms in total. The van der Waals surface area contributed by atoms with Crippen LogP contribution < -0.4 is 0 Å². The van der Waals surface area contributed by atoms with Gasteiger partial charge in [0, 0.05) is 6.42 Å². The van der Waals surface area contributed by atoms with E-state index < -0.39 is 5.97 Å². The summed E-state index contributed by atoms with van der Waals surface area (Å²) in [6.07, 6.45) is 0.222. The van der Waals surface area contributed by atoms with Crippen molar-refractivity contribution < 1.29 is 13.7 Å². The van der Waals surface area contributed by atoms with Crippen LogP contribution in [0.4, 0.5) is 0 Å². The Balaban J connectivity index is 0. The fourth-order valence-corrected chi connectivity index (χ4v) is 0. The maximum absolute atomic E-state index is 9.37. The molecule has 0 aromatic heterocycles. The van der Waals surface area contributed by atoms with Gasteiger partial charge < -0.3 is 5.11 Å². The van der Waals surface area contributed by atoms with Crippen LogP contribution in [0.15, 0.2) is 0 Å². The summed E-state index contributed by atoms with van der Waals surface area (Å²) in [5, 5.41) is 7.72. The Labute approximate surface area is 50.2 Å². The van der Waals surface area contributed by atoms with Crippen LogP contribution >= 0.6 is 0 Å². The molecule has 0 amide bonds. The molecule has 0 spiro atoms. The summed E-state index contributed by atoms with van der Waals surface area (Å²) in [5.74, 6) is -0.745. The van der Waals surface area contributed by atoms with Gasteiger partial charge in [-0.3, -0.25) is 4.79 Å². The second kappa shape index (κ2) is 9.26. The van der Waals surface area contributed by atoms with Crippen molar-refractivity contribution in [3.8, 4) is 0 Å². The van der Waals surface area contributed by atoms with Crippen molar-refractivity contribution in [2.45, 2.75) is 13.3 Å². The molecule has 7 heavy (non-hydrogen) atoms. The summed E-state index contributed by atoms with van der Waals surface area (Å²) < 4.78 is 8.38. The average molecular weight is 165 g/mol. The fraction of sp³-hybridized carbons (Fsp3) is 0.667. The van der Waals surface area contributed by atoms with Crippen molar-refractivity contribution in [3.63, 3.8) is 0 Å². The molecule has 1 N–H and O–H groups in total. The van der Waals surface area contributed by atoms with Crippen molar-refractivity contribution in [1.29, 1.82) is 0 Å². The zero-order valence-electron chi connectivity index (χ0n) is 4.18. The Hall–Kier alpha value is -0.187. The third-order valence-electron chi connectivity index (χ3n) is 0.302. The summed E-state index contributed by atoms with van der Waals surface area (Å²) in [5.41, 5.74) is 0. The molecule has 0 heterocycles. The van der Waals surface area contributed by atoms with Gasteiger partial charge in [-0.2, -0.15) is 0 Å². The summed E-state index contributed by atoms with van der Waals surface area (Å²) >= 11 is 0.125. The molecule has 0 unspecified atom stereocenters. The molecule has 42 valence electrons. The van der Waals surface area contributed by atoms with E-state index in [0.29, 0.717) is 0 Å². The topological polar surface area (TPSA) is 54.4 Å². The predicted octanol–water partition coefficient (Wildman–Crippen LogP) is -0.554. The Morgan fingerprint density at radius 3 is 1.86 bits per heavy atom. The third kappa shape index (κ3) is 25.7. The van der Waals surface area contributed by atoms with Crippen molar-refractivity contribution in [2.24, 2.45) is 0 Å². The SMILES string of the molecule is CCC(=O)O.[O]=[GeH2]. The molecule has 0 aliphatic rings. The number of aliphatic carboxylic acids is 1. The molecule has 4 heteroatoms. The predicted molar refractivity (Wildman–Crippen MR) is 27.2 cm³/mol. The van der Waals surface area contributed by atoms with E-state index in [1.54, 1.807) is 6.92 Å². The normalized spacial score (nSPS) is 5.86. The van der Waals surface area contributed by atoms with E-state index in [9.17, 15) is 4.79 Å². The number of carbonyl (C=O) groups is 1. The summed E-state index contributed by atoms with van der Waals surface area (Å²) in [6.45, 7) is 1.60. The molecule has 0 aromatic carbocycles. The second-order valence-electron chi connectivity index (χ2n) is 0.747. The molecule has 0 aromatic rings. The Kier molecular flexibility index (Phi) is 13.1. The third-order valence-corrected chi connectivity index (χ3v) is 0.302. The number of carboxylic acid groups (broad SMARTS) is 1. The first kappa shape index (κ1) is 9.94. The summed E-state index contributed by atoms with van der Waals surface area (Å²) in [7, 11) is 0. The standard InChI is InChI=1S/C3H6O2.GeH2O/c1-2-3(4)5;1-2/h2H2,1H3,(H,4,5);1H2. The van der Waals surface area contributed by atoms with Crippen LogP contribution in [0.1, 0.15) is 13.3 Å². The Morgan fingerprint density at radius 1 is 1.71 bits per heavy atom. The number of hydrogen-bond donors (Lipinski definition) is 1. The average Bonchev–Trinajstić information content (AvgIpc) is 1.73. The molecule has 0 aliphatic carbocycles. The van der Waals surface area contributed by atoms with Crippen LogP contribution in [0.25, 0.3) is 0 Å². The molecule has 0 saturated carbocycles. The van der Waals surface area contributed by atoms with E-state index >= 15 is 0 Å². The number of rotatable bonds is 1. The van der Waals surface area contributed by atoms with Crippen molar-refractivity contribution in [3.05, 3.63) is 0 Å². The van der Waals surface area contributed by atoms with Crippen molar-refractivity contribution >= 4 is 22.4 Å². The first-order chi connectivity index (χ1) is 3.27. The van der Waals surface area contributed by atoms with Gasteiger partial charge in [0.1, 0.15) is 0 Å². The molecule has 0 atom stereocenters. The van der Waals surface area contributed by atoms with Gasteiger partial charge in [-0.1, -0.05) is 6.92 Å². The van der Waals surface area contributed by atoms with E-state index in [0.717, 1.165) is 0 Å². The van der Waals surface area contributed by atoms with Crippen LogP contribution in [-0.4, -0.2) is 27.5 Å². The van der Waals surface area contributed by atoms with Gasteiger partial charge in [0.25, 0.3) is 0 Å². The van der Waals surface area contributed by atoms with Crippen LogP contribution in [0.3, 0.4) is 0 Å². The van der Waals surface area contributed by atoms with E-state index in [1.165, 1.54) is 0 Å². The summed E-state index contributed by atoms with van der Waals surface area (Å²) in [4.78, 5) is 9.37. The van der Waals surface area contributed by atoms with E-state index in [4.69, 9.17) is 8.88 Å². The maximum atomic E-state index is 9.37. The van der Waals surface area contributed by atoms with Gasteiger partial charge >= 0.3 is 26.2 Å². The quantitative estimate of drug-likeness (QED) is 0.529. The van der Waals surface area contributed by atoms with Gasteiger partial charge in [0.05, 0.1) is 0 Å². The monoisotopic (exact) mass is 166 g/mol. The van der Waals surface area contributed by atoms with Gasteiger partial charge in [-0.25, -0.2) is 0 Å². The molecule has 0 fully saturated rings. The molecular formula is C3H8GeO3. The van der Waals surface area contributed by atoms with Gasteiger partial charge in [0.2, 0.25) is 0 Å².